The second-order valence-electron chi connectivity index (χ2n) is 7.51. The van der Waals surface area contributed by atoms with Gasteiger partial charge in [-0.1, -0.05) is 17.7 Å². The average molecular weight is 365 g/mol. The number of ether oxygens (including phenoxy) is 1. The van der Waals surface area contributed by atoms with Gasteiger partial charge in [0.1, 0.15) is 0 Å². The molecule has 5 heteroatoms. The SMILES string of the molecule is O=C(CC1=CCCCC1)N1Cc2cccn2CC(OCc2cccnc2)C1. The summed E-state index contributed by atoms with van der Waals surface area (Å²) < 4.78 is 8.39. The van der Waals surface area contributed by atoms with Gasteiger partial charge in [0.25, 0.3) is 0 Å². The number of aromatic nitrogens is 2. The van der Waals surface area contributed by atoms with Crippen molar-refractivity contribution in [3.8, 4) is 0 Å². The van der Waals surface area contributed by atoms with E-state index in [0.717, 1.165) is 24.9 Å². The number of carbonyl (C=O) groups is 1. The van der Waals surface area contributed by atoms with E-state index in [1.54, 1.807) is 6.20 Å². The molecule has 2 aromatic rings. The lowest BCUT2D eigenvalue weighted by molar-refractivity contribution is -0.133. The van der Waals surface area contributed by atoms with Gasteiger partial charge in [0.05, 0.1) is 25.8 Å². The van der Waals surface area contributed by atoms with Gasteiger partial charge < -0.3 is 14.2 Å². The number of fused-ring (bicyclic) bond motifs is 1. The van der Waals surface area contributed by atoms with Crippen molar-refractivity contribution in [3.05, 3.63) is 65.8 Å². The quantitative estimate of drug-likeness (QED) is 0.759. The van der Waals surface area contributed by atoms with Crippen LogP contribution < -0.4 is 0 Å². The smallest absolute Gasteiger partial charge is 0.227 e. The van der Waals surface area contributed by atoms with Crippen molar-refractivity contribution in [3.63, 3.8) is 0 Å². The van der Waals surface area contributed by atoms with Crippen LogP contribution in [-0.2, 0) is 29.2 Å². The summed E-state index contributed by atoms with van der Waals surface area (Å²) >= 11 is 0. The van der Waals surface area contributed by atoms with Crippen LogP contribution in [-0.4, -0.2) is 33.0 Å². The number of hydrogen-bond acceptors (Lipinski definition) is 3. The number of allylic oxidation sites excluding steroid dienone is 1. The van der Waals surface area contributed by atoms with Gasteiger partial charge in [0, 0.05) is 37.3 Å². The molecule has 3 heterocycles. The summed E-state index contributed by atoms with van der Waals surface area (Å²) in [5.74, 6) is 0.216. The van der Waals surface area contributed by atoms with E-state index >= 15 is 0 Å². The van der Waals surface area contributed by atoms with Crippen LogP contribution >= 0.6 is 0 Å². The van der Waals surface area contributed by atoms with E-state index < -0.39 is 0 Å². The highest BCUT2D eigenvalue weighted by molar-refractivity contribution is 5.78. The molecule has 5 nitrogen and oxygen atoms in total. The van der Waals surface area contributed by atoms with Crippen molar-refractivity contribution in [2.75, 3.05) is 6.54 Å². The summed E-state index contributed by atoms with van der Waals surface area (Å²) in [7, 11) is 0. The normalized spacial score (nSPS) is 19.9. The molecule has 4 rings (SSSR count). The fourth-order valence-electron chi connectivity index (χ4n) is 3.92. The molecule has 1 unspecified atom stereocenters. The molecule has 1 amide bonds. The number of hydrogen-bond donors (Lipinski definition) is 0. The Morgan fingerprint density at radius 1 is 1.22 bits per heavy atom. The monoisotopic (exact) mass is 365 g/mol. The van der Waals surface area contributed by atoms with Crippen LogP contribution in [0.3, 0.4) is 0 Å². The summed E-state index contributed by atoms with van der Waals surface area (Å²) in [6.07, 6.45) is 13.1. The van der Waals surface area contributed by atoms with Crippen molar-refractivity contribution < 1.29 is 9.53 Å². The standard InChI is InChI=1S/C22H27N3O2/c26-22(12-18-6-2-1-3-7-18)25-14-20-9-5-11-24(20)15-21(16-25)27-17-19-8-4-10-23-13-19/h4-6,8-11,13,21H,1-3,7,12,14-17H2. The van der Waals surface area contributed by atoms with Crippen molar-refractivity contribution >= 4 is 5.91 Å². The highest BCUT2D eigenvalue weighted by atomic mass is 16.5. The Kier molecular flexibility index (Phi) is 5.68. The maximum Gasteiger partial charge on any atom is 0.227 e. The van der Waals surface area contributed by atoms with Crippen molar-refractivity contribution in [1.29, 1.82) is 0 Å². The van der Waals surface area contributed by atoms with Gasteiger partial charge in [-0.2, -0.15) is 0 Å². The summed E-state index contributed by atoms with van der Waals surface area (Å²) in [5.41, 5.74) is 3.53. The van der Waals surface area contributed by atoms with E-state index in [4.69, 9.17) is 4.74 Å². The van der Waals surface area contributed by atoms with Crippen molar-refractivity contribution in [2.24, 2.45) is 0 Å². The van der Waals surface area contributed by atoms with Gasteiger partial charge in [-0.15, -0.1) is 0 Å². The molecule has 1 aliphatic heterocycles. The minimum atomic E-state index is -0.0249. The molecule has 0 N–H and O–H groups in total. The van der Waals surface area contributed by atoms with Crippen LogP contribution in [0.1, 0.15) is 43.4 Å². The number of pyridine rings is 1. The molecule has 2 aromatic heterocycles. The van der Waals surface area contributed by atoms with Crippen LogP contribution in [0, 0.1) is 0 Å². The summed E-state index contributed by atoms with van der Waals surface area (Å²) in [5, 5.41) is 0. The van der Waals surface area contributed by atoms with E-state index in [9.17, 15) is 4.79 Å². The molecule has 1 atom stereocenters. The second-order valence-corrected chi connectivity index (χ2v) is 7.51. The second kappa shape index (κ2) is 8.53. The Bertz CT molecular complexity index is 797. The molecule has 1 aliphatic carbocycles. The molecule has 0 saturated carbocycles. The highest BCUT2D eigenvalue weighted by Crippen LogP contribution is 2.23. The van der Waals surface area contributed by atoms with Gasteiger partial charge >= 0.3 is 0 Å². The number of carbonyl (C=O) groups excluding carboxylic acids is 1. The Morgan fingerprint density at radius 3 is 3.00 bits per heavy atom. The Morgan fingerprint density at radius 2 is 2.19 bits per heavy atom. The first-order chi connectivity index (χ1) is 13.3. The van der Waals surface area contributed by atoms with Crippen molar-refractivity contribution in [1.82, 2.24) is 14.5 Å². The molecule has 0 spiro atoms. The zero-order valence-electron chi connectivity index (χ0n) is 15.7. The lowest BCUT2D eigenvalue weighted by Crippen LogP contribution is -2.37. The van der Waals surface area contributed by atoms with E-state index in [-0.39, 0.29) is 12.0 Å². The predicted molar refractivity (Wildman–Crippen MR) is 104 cm³/mol. The molecule has 0 bridgehead atoms. The third-order valence-corrected chi connectivity index (χ3v) is 5.43. The third-order valence-electron chi connectivity index (χ3n) is 5.43. The molecular formula is C22H27N3O2. The Labute approximate surface area is 160 Å². The molecule has 0 radical (unpaired) electrons. The van der Waals surface area contributed by atoms with Gasteiger partial charge in [-0.3, -0.25) is 9.78 Å². The van der Waals surface area contributed by atoms with Crippen LogP contribution in [0.4, 0.5) is 0 Å². The minimum Gasteiger partial charge on any atom is -0.370 e. The fourth-order valence-corrected chi connectivity index (χ4v) is 3.92. The molecular weight excluding hydrogens is 338 g/mol. The number of nitrogens with zero attached hydrogens (tertiary/aromatic N) is 3. The molecule has 0 fully saturated rings. The summed E-state index contributed by atoms with van der Waals surface area (Å²) in [6, 6.07) is 8.08. The predicted octanol–water partition coefficient (Wildman–Crippen LogP) is 3.70. The summed E-state index contributed by atoms with van der Waals surface area (Å²) in [6.45, 7) is 2.58. The zero-order chi connectivity index (χ0) is 18.5. The van der Waals surface area contributed by atoms with Gasteiger partial charge in [0.15, 0.2) is 0 Å². The maximum absolute atomic E-state index is 13.0. The van der Waals surface area contributed by atoms with Crippen LogP contribution in [0.15, 0.2) is 54.5 Å². The Hall–Kier alpha value is -2.40. The van der Waals surface area contributed by atoms with Crippen LogP contribution in [0.25, 0.3) is 0 Å². The van der Waals surface area contributed by atoms with Crippen LogP contribution in [0.2, 0.25) is 0 Å². The van der Waals surface area contributed by atoms with Gasteiger partial charge in [0.2, 0.25) is 5.91 Å². The zero-order valence-corrected chi connectivity index (χ0v) is 15.7. The highest BCUT2D eigenvalue weighted by Gasteiger charge is 2.26. The minimum absolute atomic E-state index is 0.0249. The topological polar surface area (TPSA) is 47.4 Å². The molecule has 0 aromatic carbocycles. The largest absolute Gasteiger partial charge is 0.370 e. The first kappa shape index (κ1) is 18.0. The van der Waals surface area contributed by atoms with E-state index in [1.165, 1.54) is 24.1 Å². The van der Waals surface area contributed by atoms with E-state index in [2.05, 4.69) is 27.9 Å². The van der Waals surface area contributed by atoms with E-state index in [0.29, 0.717) is 26.1 Å². The van der Waals surface area contributed by atoms with Crippen molar-refractivity contribution in [2.45, 2.75) is 57.9 Å². The Balaban J connectivity index is 1.44. The van der Waals surface area contributed by atoms with Gasteiger partial charge in [-0.25, -0.2) is 0 Å². The molecule has 27 heavy (non-hydrogen) atoms. The third kappa shape index (κ3) is 4.66. The maximum atomic E-state index is 13.0. The number of rotatable bonds is 5. The first-order valence-electron chi connectivity index (χ1n) is 9.88. The average Bonchev–Trinajstić information content (AvgIpc) is 3.06. The molecule has 2 aliphatic rings. The lowest BCUT2D eigenvalue weighted by atomic mass is 9.97. The lowest BCUT2D eigenvalue weighted by Gasteiger charge is -2.25. The fraction of sp³-hybridized carbons (Fsp3) is 0.455. The van der Waals surface area contributed by atoms with E-state index in [1.807, 2.05) is 29.3 Å². The van der Waals surface area contributed by atoms with Gasteiger partial charge in [-0.05, 0) is 49.4 Å². The summed E-state index contributed by atoms with van der Waals surface area (Å²) in [4.78, 5) is 19.1. The first-order valence-corrected chi connectivity index (χ1v) is 9.88. The molecule has 0 saturated heterocycles. The van der Waals surface area contributed by atoms with Crippen LogP contribution in [0.5, 0.6) is 0 Å². The molecule has 142 valence electrons. The number of amides is 1.